The molecule has 1 aliphatic rings. The van der Waals surface area contributed by atoms with E-state index in [1.165, 1.54) is 6.92 Å². The lowest BCUT2D eigenvalue weighted by atomic mass is 10.1. The summed E-state index contributed by atoms with van der Waals surface area (Å²) in [6.45, 7) is 4.10. The predicted molar refractivity (Wildman–Crippen MR) is 96.1 cm³/mol. The number of aryl methyl sites for hydroxylation is 1. The summed E-state index contributed by atoms with van der Waals surface area (Å²) in [7, 11) is 0. The molecule has 0 radical (unpaired) electrons. The standard InChI is InChI=1S/C20H20N2O4/c1-13-7-9-15(10-8-13)26-12-11-21-18(23)14(2)22-19(24)16-5-3-4-6-17(16)20(22)25/h3-10,14H,11-12H2,1-2H3,(H,21,23)/t14-/m1/s1. The van der Waals surface area contributed by atoms with E-state index in [0.717, 1.165) is 16.2 Å². The lowest BCUT2D eigenvalue weighted by Gasteiger charge is -2.21. The maximum Gasteiger partial charge on any atom is 0.262 e. The molecule has 2 aromatic rings. The van der Waals surface area contributed by atoms with Crippen LogP contribution in [0.25, 0.3) is 0 Å². The van der Waals surface area contributed by atoms with Crippen LogP contribution in [0.4, 0.5) is 0 Å². The maximum atomic E-state index is 12.4. The van der Waals surface area contributed by atoms with Crippen molar-refractivity contribution in [2.45, 2.75) is 19.9 Å². The van der Waals surface area contributed by atoms with E-state index in [1.807, 2.05) is 31.2 Å². The van der Waals surface area contributed by atoms with Gasteiger partial charge in [0.25, 0.3) is 11.8 Å². The third-order valence-corrected chi connectivity index (χ3v) is 4.28. The van der Waals surface area contributed by atoms with Crippen molar-refractivity contribution in [3.05, 3.63) is 65.2 Å². The molecule has 2 aromatic carbocycles. The van der Waals surface area contributed by atoms with Crippen LogP contribution in [0.2, 0.25) is 0 Å². The summed E-state index contributed by atoms with van der Waals surface area (Å²) in [5, 5.41) is 2.70. The largest absolute Gasteiger partial charge is 0.492 e. The Hall–Kier alpha value is -3.15. The molecule has 6 heteroatoms. The fourth-order valence-corrected chi connectivity index (χ4v) is 2.80. The molecule has 0 fully saturated rings. The van der Waals surface area contributed by atoms with Crippen LogP contribution in [-0.4, -0.2) is 41.8 Å². The molecule has 0 bridgehead atoms. The molecule has 1 aliphatic heterocycles. The number of nitrogens with zero attached hydrogens (tertiary/aromatic N) is 1. The Labute approximate surface area is 151 Å². The first kappa shape index (κ1) is 17.7. The number of ether oxygens (including phenoxy) is 1. The number of carbonyl (C=O) groups is 3. The van der Waals surface area contributed by atoms with Gasteiger partial charge in [-0.15, -0.1) is 0 Å². The Morgan fingerprint density at radius 1 is 1.04 bits per heavy atom. The number of imide groups is 1. The van der Waals surface area contributed by atoms with Crippen molar-refractivity contribution in [3.8, 4) is 5.75 Å². The Morgan fingerprint density at radius 3 is 2.19 bits per heavy atom. The molecule has 0 aliphatic carbocycles. The summed E-state index contributed by atoms with van der Waals surface area (Å²) >= 11 is 0. The summed E-state index contributed by atoms with van der Waals surface area (Å²) in [6.07, 6.45) is 0. The molecular weight excluding hydrogens is 332 g/mol. The van der Waals surface area contributed by atoms with Gasteiger partial charge in [-0.3, -0.25) is 19.3 Å². The predicted octanol–water partition coefficient (Wildman–Crippen LogP) is 2.17. The van der Waals surface area contributed by atoms with Crippen LogP contribution in [-0.2, 0) is 4.79 Å². The molecule has 0 unspecified atom stereocenters. The van der Waals surface area contributed by atoms with E-state index in [-0.39, 0.29) is 6.54 Å². The molecule has 134 valence electrons. The second kappa shape index (κ2) is 7.39. The first-order valence-corrected chi connectivity index (χ1v) is 8.43. The normalized spacial score (nSPS) is 14.2. The number of benzene rings is 2. The van der Waals surface area contributed by atoms with Gasteiger partial charge in [0.2, 0.25) is 5.91 Å². The monoisotopic (exact) mass is 352 g/mol. The SMILES string of the molecule is Cc1ccc(OCCNC(=O)[C@@H](C)N2C(=O)c3ccccc3C2=O)cc1. The first-order chi connectivity index (χ1) is 12.5. The number of rotatable bonds is 6. The Bertz CT molecular complexity index is 810. The fraction of sp³-hybridized carbons (Fsp3) is 0.250. The van der Waals surface area contributed by atoms with E-state index in [2.05, 4.69) is 5.32 Å². The van der Waals surface area contributed by atoms with Crippen LogP contribution >= 0.6 is 0 Å². The summed E-state index contributed by atoms with van der Waals surface area (Å²) < 4.78 is 5.55. The summed E-state index contributed by atoms with van der Waals surface area (Å²) in [6, 6.07) is 13.3. The Balaban J connectivity index is 1.53. The molecule has 0 saturated heterocycles. The van der Waals surface area contributed by atoms with Crippen molar-refractivity contribution in [3.63, 3.8) is 0 Å². The minimum Gasteiger partial charge on any atom is -0.492 e. The molecule has 3 amide bonds. The van der Waals surface area contributed by atoms with E-state index in [9.17, 15) is 14.4 Å². The molecule has 0 aromatic heterocycles. The quantitative estimate of drug-likeness (QED) is 0.639. The average Bonchev–Trinajstić information content (AvgIpc) is 2.90. The van der Waals surface area contributed by atoms with E-state index in [4.69, 9.17) is 4.74 Å². The highest BCUT2D eigenvalue weighted by atomic mass is 16.5. The van der Waals surface area contributed by atoms with E-state index in [1.54, 1.807) is 24.3 Å². The van der Waals surface area contributed by atoms with Crippen molar-refractivity contribution in [1.82, 2.24) is 10.2 Å². The van der Waals surface area contributed by atoms with Crippen LogP contribution in [0.3, 0.4) is 0 Å². The average molecular weight is 352 g/mol. The van der Waals surface area contributed by atoms with Crippen LogP contribution in [0.15, 0.2) is 48.5 Å². The number of hydrogen-bond donors (Lipinski definition) is 1. The van der Waals surface area contributed by atoms with Gasteiger partial charge >= 0.3 is 0 Å². The minimum absolute atomic E-state index is 0.278. The molecular formula is C20H20N2O4. The van der Waals surface area contributed by atoms with Gasteiger partial charge in [-0.1, -0.05) is 29.8 Å². The molecule has 3 rings (SSSR count). The third kappa shape index (κ3) is 3.44. The zero-order valence-corrected chi connectivity index (χ0v) is 14.7. The molecule has 0 saturated carbocycles. The molecule has 1 heterocycles. The first-order valence-electron chi connectivity index (χ1n) is 8.43. The van der Waals surface area contributed by atoms with Gasteiger partial charge in [0, 0.05) is 0 Å². The van der Waals surface area contributed by atoms with Gasteiger partial charge < -0.3 is 10.1 Å². The van der Waals surface area contributed by atoms with Gasteiger partial charge in [0.1, 0.15) is 18.4 Å². The van der Waals surface area contributed by atoms with Crippen molar-refractivity contribution >= 4 is 17.7 Å². The zero-order valence-electron chi connectivity index (χ0n) is 14.7. The van der Waals surface area contributed by atoms with E-state index < -0.39 is 23.8 Å². The highest BCUT2D eigenvalue weighted by Gasteiger charge is 2.40. The summed E-state index contributed by atoms with van der Waals surface area (Å²) in [4.78, 5) is 38.1. The second-order valence-corrected chi connectivity index (χ2v) is 6.15. The third-order valence-electron chi connectivity index (χ3n) is 4.28. The van der Waals surface area contributed by atoms with Crippen LogP contribution < -0.4 is 10.1 Å². The Kier molecular flexibility index (Phi) is 5.02. The van der Waals surface area contributed by atoms with Crippen LogP contribution in [0.1, 0.15) is 33.2 Å². The lowest BCUT2D eigenvalue weighted by Crippen LogP contribution is -2.48. The van der Waals surface area contributed by atoms with Gasteiger partial charge in [-0.2, -0.15) is 0 Å². The molecule has 1 N–H and O–H groups in total. The van der Waals surface area contributed by atoms with Crippen molar-refractivity contribution in [2.24, 2.45) is 0 Å². The van der Waals surface area contributed by atoms with E-state index in [0.29, 0.717) is 17.7 Å². The second-order valence-electron chi connectivity index (χ2n) is 6.15. The molecule has 26 heavy (non-hydrogen) atoms. The molecule has 0 spiro atoms. The summed E-state index contributed by atoms with van der Waals surface area (Å²) in [5.41, 5.74) is 1.81. The highest BCUT2D eigenvalue weighted by Crippen LogP contribution is 2.24. The fourth-order valence-electron chi connectivity index (χ4n) is 2.80. The zero-order chi connectivity index (χ0) is 18.7. The van der Waals surface area contributed by atoms with Gasteiger partial charge in [-0.25, -0.2) is 0 Å². The number of carbonyl (C=O) groups excluding carboxylic acids is 3. The van der Waals surface area contributed by atoms with Crippen LogP contribution in [0, 0.1) is 6.92 Å². The van der Waals surface area contributed by atoms with Crippen molar-refractivity contribution < 1.29 is 19.1 Å². The minimum atomic E-state index is -0.887. The number of hydrogen-bond acceptors (Lipinski definition) is 4. The lowest BCUT2D eigenvalue weighted by molar-refractivity contribution is -0.124. The topological polar surface area (TPSA) is 75.7 Å². The number of fused-ring (bicyclic) bond motifs is 1. The highest BCUT2D eigenvalue weighted by molar-refractivity contribution is 6.22. The van der Waals surface area contributed by atoms with Gasteiger partial charge in [-0.05, 0) is 38.1 Å². The van der Waals surface area contributed by atoms with Gasteiger partial charge in [0.05, 0.1) is 17.7 Å². The Morgan fingerprint density at radius 2 is 1.62 bits per heavy atom. The van der Waals surface area contributed by atoms with Crippen molar-refractivity contribution in [2.75, 3.05) is 13.2 Å². The van der Waals surface area contributed by atoms with Crippen LogP contribution in [0.5, 0.6) is 5.75 Å². The van der Waals surface area contributed by atoms with Crippen molar-refractivity contribution in [1.29, 1.82) is 0 Å². The molecule has 6 nitrogen and oxygen atoms in total. The summed E-state index contributed by atoms with van der Waals surface area (Å²) in [5.74, 6) is -0.557. The smallest absolute Gasteiger partial charge is 0.262 e. The molecule has 1 atom stereocenters. The van der Waals surface area contributed by atoms with E-state index >= 15 is 0 Å². The number of nitrogens with one attached hydrogen (secondary N) is 1. The number of amides is 3. The van der Waals surface area contributed by atoms with Gasteiger partial charge in [0.15, 0.2) is 0 Å². The maximum absolute atomic E-state index is 12.4.